The second kappa shape index (κ2) is 6.79. The standard InChI is InChI=1S/C15H19ClN4OS/c1-2-6-20-10-12(16)13(18-20)15(21)19-7-3-4-11(9-19)14-17-5-8-22-14/h5,8,10-11H,2-4,6-7,9H2,1H3/t11-/m1/s1. The number of carbonyl (C=O) groups is 1. The van der Waals surface area contributed by atoms with Crippen LogP contribution in [0.15, 0.2) is 17.8 Å². The zero-order valence-corrected chi connectivity index (χ0v) is 14.1. The van der Waals surface area contributed by atoms with Crippen LogP contribution in [0.4, 0.5) is 0 Å². The topological polar surface area (TPSA) is 51.0 Å². The zero-order valence-electron chi connectivity index (χ0n) is 12.5. The first-order valence-electron chi connectivity index (χ1n) is 7.60. The van der Waals surface area contributed by atoms with Crippen molar-refractivity contribution in [2.24, 2.45) is 0 Å². The van der Waals surface area contributed by atoms with Crippen molar-refractivity contribution in [3.8, 4) is 0 Å². The van der Waals surface area contributed by atoms with Crippen molar-refractivity contribution < 1.29 is 4.79 Å². The maximum absolute atomic E-state index is 12.7. The molecule has 0 aliphatic carbocycles. The molecule has 0 unspecified atom stereocenters. The lowest BCUT2D eigenvalue weighted by atomic mass is 9.98. The average Bonchev–Trinajstić information content (AvgIpc) is 3.17. The van der Waals surface area contributed by atoms with E-state index in [1.165, 1.54) is 0 Å². The molecule has 1 aliphatic rings. The third-order valence-corrected chi connectivity index (χ3v) is 5.10. The van der Waals surface area contributed by atoms with E-state index >= 15 is 0 Å². The van der Waals surface area contributed by atoms with Crippen LogP contribution in [-0.2, 0) is 6.54 Å². The van der Waals surface area contributed by atoms with Crippen LogP contribution >= 0.6 is 22.9 Å². The third-order valence-electron chi connectivity index (χ3n) is 3.88. The van der Waals surface area contributed by atoms with Gasteiger partial charge in [-0.1, -0.05) is 18.5 Å². The normalized spacial score (nSPS) is 18.6. The van der Waals surface area contributed by atoms with E-state index in [9.17, 15) is 4.79 Å². The van der Waals surface area contributed by atoms with E-state index in [0.717, 1.165) is 37.4 Å². The Morgan fingerprint density at radius 1 is 1.55 bits per heavy atom. The smallest absolute Gasteiger partial charge is 0.275 e. The van der Waals surface area contributed by atoms with E-state index in [1.54, 1.807) is 22.2 Å². The molecule has 3 heterocycles. The lowest BCUT2D eigenvalue weighted by molar-refractivity contribution is 0.0700. The molecule has 7 heteroatoms. The molecule has 22 heavy (non-hydrogen) atoms. The molecular weight excluding hydrogens is 320 g/mol. The van der Waals surface area contributed by atoms with Gasteiger partial charge in [0, 0.05) is 43.3 Å². The molecule has 1 fully saturated rings. The van der Waals surface area contributed by atoms with Gasteiger partial charge >= 0.3 is 0 Å². The molecule has 3 rings (SSSR count). The van der Waals surface area contributed by atoms with Crippen LogP contribution in [-0.4, -0.2) is 38.7 Å². The molecule has 0 aromatic carbocycles. The Labute approximate surface area is 138 Å². The van der Waals surface area contributed by atoms with Gasteiger partial charge in [-0.2, -0.15) is 5.10 Å². The van der Waals surface area contributed by atoms with Crippen molar-refractivity contribution in [3.05, 3.63) is 33.5 Å². The number of amides is 1. The van der Waals surface area contributed by atoms with Gasteiger partial charge in [0.15, 0.2) is 5.69 Å². The molecule has 0 saturated carbocycles. The first-order chi connectivity index (χ1) is 10.7. The van der Waals surface area contributed by atoms with E-state index in [1.807, 2.05) is 16.5 Å². The average molecular weight is 339 g/mol. The molecule has 0 N–H and O–H groups in total. The van der Waals surface area contributed by atoms with Crippen LogP contribution < -0.4 is 0 Å². The minimum Gasteiger partial charge on any atom is -0.337 e. The molecule has 1 amide bonds. The number of aromatic nitrogens is 3. The van der Waals surface area contributed by atoms with E-state index < -0.39 is 0 Å². The lowest BCUT2D eigenvalue weighted by Crippen LogP contribution is -2.39. The van der Waals surface area contributed by atoms with Gasteiger partial charge in [-0.15, -0.1) is 11.3 Å². The van der Waals surface area contributed by atoms with Crippen LogP contribution in [0, 0.1) is 0 Å². The van der Waals surface area contributed by atoms with Gasteiger partial charge in [0.2, 0.25) is 0 Å². The summed E-state index contributed by atoms with van der Waals surface area (Å²) < 4.78 is 1.75. The second-order valence-corrected chi connectivity index (χ2v) is 6.88. The van der Waals surface area contributed by atoms with Crippen LogP contribution in [0.2, 0.25) is 5.02 Å². The van der Waals surface area contributed by atoms with Gasteiger partial charge in [0.05, 0.1) is 10.0 Å². The first kappa shape index (κ1) is 15.5. The van der Waals surface area contributed by atoms with E-state index in [0.29, 0.717) is 23.2 Å². The zero-order chi connectivity index (χ0) is 15.5. The number of halogens is 1. The molecule has 0 spiro atoms. The fourth-order valence-corrected chi connectivity index (χ4v) is 3.83. The summed E-state index contributed by atoms with van der Waals surface area (Å²) >= 11 is 7.85. The molecule has 0 radical (unpaired) electrons. The summed E-state index contributed by atoms with van der Waals surface area (Å²) in [6, 6.07) is 0. The number of hydrogen-bond donors (Lipinski definition) is 0. The highest BCUT2D eigenvalue weighted by Crippen LogP contribution is 2.29. The largest absolute Gasteiger partial charge is 0.337 e. The Hall–Kier alpha value is -1.40. The predicted octanol–water partition coefficient (Wildman–Crippen LogP) is 3.42. The molecule has 1 atom stereocenters. The highest BCUT2D eigenvalue weighted by molar-refractivity contribution is 7.09. The van der Waals surface area contributed by atoms with Gasteiger partial charge in [0.1, 0.15) is 0 Å². The van der Waals surface area contributed by atoms with Crippen molar-refractivity contribution in [2.75, 3.05) is 13.1 Å². The molecular formula is C15H19ClN4OS. The van der Waals surface area contributed by atoms with E-state index in [-0.39, 0.29) is 5.91 Å². The number of thiazole rings is 1. The van der Waals surface area contributed by atoms with Crippen LogP contribution in [0.5, 0.6) is 0 Å². The number of rotatable bonds is 4. The molecule has 0 bridgehead atoms. The van der Waals surface area contributed by atoms with E-state index in [2.05, 4.69) is 17.0 Å². The first-order valence-corrected chi connectivity index (χ1v) is 8.86. The molecule has 2 aromatic rings. The van der Waals surface area contributed by atoms with Gasteiger partial charge in [-0.25, -0.2) is 4.98 Å². The Morgan fingerprint density at radius 3 is 3.14 bits per heavy atom. The Balaban J connectivity index is 1.74. The van der Waals surface area contributed by atoms with Crippen molar-refractivity contribution in [1.82, 2.24) is 19.7 Å². The Bertz CT molecular complexity index is 640. The summed E-state index contributed by atoms with van der Waals surface area (Å²) in [7, 11) is 0. The van der Waals surface area contributed by atoms with Crippen LogP contribution in [0.3, 0.4) is 0 Å². The molecule has 1 saturated heterocycles. The fourth-order valence-electron chi connectivity index (χ4n) is 2.83. The summed E-state index contributed by atoms with van der Waals surface area (Å²) in [5, 5.41) is 7.88. The number of nitrogens with zero attached hydrogens (tertiary/aromatic N) is 4. The van der Waals surface area contributed by atoms with Gasteiger partial charge in [0.25, 0.3) is 5.91 Å². The lowest BCUT2D eigenvalue weighted by Gasteiger charge is -2.31. The summed E-state index contributed by atoms with van der Waals surface area (Å²) in [5.41, 5.74) is 0.370. The molecule has 5 nitrogen and oxygen atoms in total. The minimum atomic E-state index is -0.0684. The number of piperidine rings is 1. The Morgan fingerprint density at radius 2 is 2.41 bits per heavy atom. The predicted molar refractivity (Wildman–Crippen MR) is 87.5 cm³/mol. The van der Waals surface area contributed by atoms with Crippen molar-refractivity contribution in [2.45, 2.75) is 38.6 Å². The van der Waals surface area contributed by atoms with Crippen molar-refractivity contribution in [3.63, 3.8) is 0 Å². The van der Waals surface area contributed by atoms with Crippen LogP contribution in [0.1, 0.15) is 47.6 Å². The summed E-state index contributed by atoms with van der Waals surface area (Å²) in [5.74, 6) is 0.260. The number of likely N-dealkylation sites (tertiary alicyclic amines) is 1. The number of hydrogen-bond acceptors (Lipinski definition) is 4. The Kier molecular flexibility index (Phi) is 4.78. The van der Waals surface area contributed by atoms with Crippen molar-refractivity contribution >= 4 is 28.8 Å². The summed E-state index contributed by atoms with van der Waals surface area (Å²) in [4.78, 5) is 19.0. The molecule has 1 aliphatic heterocycles. The number of carbonyl (C=O) groups excluding carboxylic acids is 1. The minimum absolute atomic E-state index is 0.0684. The van der Waals surface area contributed by atoms with Gasteiger partial charge < -0.3 is 4.90 Å². The SMILES string of the molecule is CCCn1cc(Cl)c(C(=O)N2CCC[C@@H](c3nccs3)C2)n1. The molecule has 2 aromatic heterocycles. The number of aryl methyl sites for hydroxylation is 1. The van der Waals surface area contributed by atoms with Gasteiger partial charge in [-0.3, -0.25) is 9.48 Å². The molecule has 118 valence electrons. The third kappa shape index (κ3) is 3.17. The summed E-state index contributed by atoms with van der Waals surface area (Å²) in [6.07, 6.45) is 6.59. The van der Waals surface area contributed by atoms with Crippen LogP contribution in [0.25, 0.3) is 0 Å². The second-order valence-electron chi connectivity index (χ2n) is 5.55. The highest BCUT2D eigenvalue weighted by Gasteiger charge is 2.29. The monoisotopic (exact) mass is 338 g/mol. The van der Waals surface area contributed by atoms with E-state index in [4.69, 9.17) is 11.6 Å². The van der Waals surface area contributed by atoms with Gasteiger partial charge in [-0.05, 0) is 19.3 Å². The maximum Gasteiger partial charge on any atom is 0.275 e. The highest BCUT2D eigenvalue weighted by atomic mass is 35.5. The fraction of sp³-hybridized carbons (Fsp3) is 0.533. The quantitative estimate of drug-likeness (QED) is 0.858. The summed E-state index contributed by atoms with van der Waals surface area (Å²) in [6.45, 7) is 4.30. The van der Waals surface area contributed by atoms with Crippen molar-refractivity contribution in [1.29, 1.82) is 0 Å². The maximum atomic E-state index is 12.7.